The lowest BCUT2D eigenvalue weighted by Gasteiger charge is -2.28. The Morgan fingerprint density at radius 2 is 1.62 bits per heavy atom. The third kappa shape index (κ3) is 5.08. The van der Waals surface area contributed by atoms with Gasteiger partial charge in [-0.05, 0) is 60.5 Å². The molecule has 1 aromatic heterocycles. The van der Waals surface area contributed by atoms with Crippen LogP contribution in [0.15, 0.2) is 101 Å². The molecule has 3 amide bonds. The van der Waals surface area contributed by atoms with E-state index in [-0.39, 0.29) is 17.8 Å². The van der Waals surface area contributed by atoms with Crippen LogP contribution in [0.4, 0.5) is 14.9 Å². The molecule has 0 spiro atoms. The van der Waals surface area contributed by atoms with Crippen LogP contribution in [-0.2, 0) is 4.79 Å². The quantitative estimate of drug-likeness (QED) is 0.303. The number of hydrogen-bond acceptors (Lipinski definition) is 4. The topological polar surface area (TPSA) is 92.6 Å². The highest BCUT2D eigenvalue weighted by molar-refractivity contribution is 6.06. The second-order valence-electron chi connectivity index (χ2n) is 8.58. The molecule has 0 aliphatic carbocycles. The minimum atomic E-state index is -0.646. The van der Waals surface area contributed by atoms with Gasteiger partial charge in [0.2, 0.25) is 0 Å². The zero-order valence-electron chi connectivity index (χ0n) is 20.2. The van der Waals surface area contributed by atoms with Gasteiger partial charge in [-0.3, -0.25) is 4.79 Å². The molecule has 1 aliphatic heterocycles. The molecule has 3 aromatic carbocycles. The lowest BCUT2D eigenvalue weighted by Crippen LogP contribution is -2.45. The molecule has 2 heterocycles. The van der Waals surface area contributed by atoms with Crippen LogP contribution in [0.25, 0.3) is 22.5 Å². The SMILES string of the molecule is COc1ccc(NC(=O)C2=C(C)NC(=O)NC2c2ccc(-c3cc(-c4ccc(F)cc4)co3)cc2)cc1. The summed E-state index contributed by atoms with van der Waals surface area (Å²) in [7, 11) is 1.57. The van der Waals surface area contributed by atoms with E-state index < -0.39 is 6.04 Å². The van der Waals surface area contributed by atoms with Crippen molar-refractivity contribution < 1.29 is 23.1 Å². The fourth-order valence-electron chi connectivity index (χ4n) is 4.24. The van der Waals surface area contributed by atoms with Crippen LogP contribution in [-0.4, -0.2) is 19.0 Å². The summed E-state index contributed by atoms with van der Waals surface area (Å²) in [5.74, 6) is 0.692. The first-order valence-electron chi connectivity index (χ1n) is 11.6. The fourth-order valence-corrected chi connectivity index (χ4v) is 4.24. The zero-order chi connectivity index (χ0) is 25.9. The van der Waals surface area contributed by atoms with Gasteiger partial charge in [-0.2, -0.15) is 0 Å². The molecular weight excluding hydrogens is 473 g/mol. The highest BCUT2D eigenvalue weighted by Crippen LogP contribution is 2.32. The molecule has 0 saturated heterocycles. The molecule has 0 fully saturated rings. The number of hydrogen-bond donors (Lipinski definition) is 3. The Labute approximate surface area is 213 Å². The predicted molar refractivity (Wildman–Crippen MR) is 138 cm³/mol. The highest BCUT2D eigenvalue weighted by atomic mass is 19.1. The number of rotatable bonds is 6. The second-order valence-corrected chi connectivity index (χ2v) is 8.58. The maximum atomic E-state index is 13.2. The number of amides is 3. The lowest BCUT2D eigenvalue weighted by molar-refractivity contribution is -0.113. The summed E-state index contributed by atoms with van der Waals surface area (Å²) in [5, 5.41) is 8.41. The van der Waals surface area contributed by atoms with Crippen LogP contribution < -0.4 is 20.7 Å². The molecule has 5 rings (SSSR count). The first kappa shape index (κ1) is 23.9. The van der Waals surface area contributed by atoms with Crippen molar-refractivity contribution >= 4 is 17.6 Å². The number of methoxy groups -OCH3 is 1. The third-order valence-corrected chi connectivity index (χ3v) is 6.17. The Hall–Kier alpha value is -4.85. The van der Waals surface area contributed by atoms with Crippen molar-refractivity contribution in [3.8, 4) is 28.2 Å². The number of urea groups is 1. The van der Waals surface area contributed by atoms with Gasteiger partial charge in [0, 0.05) is 22.5 Å². The number of ether oxygens (including phenoxy) is 1. The molecule has 0 radical (unpaired) electrons. The molecule has 1 aliphatic rings. The molecule has 1 atom stereocenters. The summed E-state index contributed by atoms with van der Waals surface area (Å²) in [6.07, 6.45) is 1.62. The third-order valence-electron chi connectivity index (χ3n) is 6.17. The van der Waals surface area contributed by atoms with Crippen molar-refractivity contribution in [1.82, 2.24) is 10.6 Å². The first-order valence-corrected chi connectivity index (χ1v) is 11.6. The fraction of sp³-hybridized carbons (Fsp3) is 0.103. The van der Waals surface area contributed by atoms with Crippen molar-refractivity contribution in [3.05, 3.63) is 108 Å². The van der Waals surface area contributed by atoms with Gasteiger partial charge >= 0.3 is 6.03 Å². The number of carbonyl (C=O) groups is 2. The maximum absolute atomic E-state index is 13.2. The van der Waals surface area contributed by atoms with Gasteiger partial charge < -0.3 is 25.1 Å². The van der Waals surface area contributed by atoms with Crippen molar-refractivity contribution in [1.29, 1.82) is 0 Å². The van der Waals surface area contributed by atoms with Gasteiger partial charge in [-0.25, -0.2) is 9.18 Å². The van der Waals surface area contributed by atoms with E-state index >= 15 is 0 Å². The van der Waals surface area contributed by atoms with Crippen LogP contribution in [0, 0.1) is 5.82 Å². The van der Waals surface area contributed by atoms with Crippen LogP contribution in [0.2, 0.25) is 0 Å². The number of allylic oxidation sites excluding steroid dienone is 1. The van der Waals surface area contributed by atoms with Gasteiger partial charge in [0.25, 0.3) is 5.91 Å². The standard InChI is InChI=1S/C29H24FN3O4/c1-17-26(28(34)32-23-11-13-24(36-2)14-12-23)27(33-29(35)31-17)20-5-3-19(4-6-20)25-15-21(16-37-25)18-7-9-22(30)10-8-18/h3-16,27H,1-2H3,(H,32,34)(H2,31,33,35). The number of carbonyl (C=O) groups excluding carboxylic acids is 2. The number of furan rings is 1. The normalized spacial score (nSPS) is 15.1. The van der Waals surface area contributed by atoms with Crippen LogP contribution in [0.1, 0.15) is 18.5 Å². The minimum absolute atomic E-state index is 0.297. The summed E-state index contributed by atoms with van der Waals surface area (Å²) in [5.41, 5.74) is 4.72. The van der Waals surface area contributed by atoms with E-state index in [2.05, 4.69) is 16.0 Å². The van der Waals surface area contributed by atoms with E-state index in [1.165, 1.54) is 12.1 Å². The molecule has 1 unspecified atom stereocenters. The molecule has 4 aromatic rings. The van der Waals surface area contributed by atoms with E-state index in [0.29, 0.717) is 28.5 Å². The average molecular weight is 498 g/mol. The summed E-state index contributed by atoms with van der Waals surface area (Å²) in [4.78, 5) is 25.5. The van der Waals surface area contributed by atoms with Gasteiger partial charge in [-0.15, -0.1) is 0 Å². The van der Waals surface area contributed by atoms with Crippen molar-refractivity contribution in [2.24, 2.45) is 0 Å². The largest absolute Gasteiger partial charge is 0.497 e. The molecule has 186 valence electrons. The van der Waals surface area contributed by atoms with Gasteiger partial charge in [0.05, 0.1) is 25.0 Å². The molecule has 37 heavy (non-hydrogen) atoms. The molecule has 3 N–H and O–H groups in total. The van der Waals surface area contributed by atoms with E-state index in [4.69, 9.17) is 9.15 Å². The Morgan fingerprint density at radius 3 is 2.30 bits per heavy atom. The number of halogens is 1. The van der Waals surface area contributed by atoms with Gasteiger partial charge in [-0.1, -0.05) is 36.4 Å². The summed E-state index contributed by atoms with van der Waals surface area (Å²) >= 11 is 0. The maximum Gasteiger partial charge on any atom is 0.319 e. The summed E-state index contributed by atoms with van der Waals surface area (Å²) in [6, 6.07) is 21.5. The van der Waals surface area contributed by atoms with Gasteiger partial charge in [0.15, 0.2) is 0 Å². The van der Waals surface area contributed by atoms with Crippen molar-refractivity contribution in [2.75, 3.05) is 12.4 Å². The van der Waals surface area contributed by atoms with Crippen LogP contribution in [0.5, 0.6) is 5.75 Å². The van der Waals surface area contributed by atoms with Crippen molar-refractivity contribution in [3.63, 3.8) is 0 Å². The van der Waals surface area contributed by atoms with E-state index in [0.717, 1.165) is 22.3 Å². The van der Waals surface area contributed by atoms with Gasteiger partial charge in [0.1, 0.15) is 17.3 Å². The number of anilines is 1. The van der Waals surface area contributed by atoms with E-state index in [1.54, 1.807) is 56.7 Å². The number of nitrogens with one attached hydrogen (secondary N) is 3. The Bertz CT molecular complexity index is 1470. The second kappa shape index (κ2) is 10.0. The van der Waals surface area contributed by atoms with E-state index in [9.17, 15) is 14.0 Å². The summed E-state index contributed by atoms with van der Waals surface area (Å²) in [6.45, 7) is 1.70. The molecule has 7 nitrogen and oxygen atoms in total. The lowest BCUT2D eigenvalue weighted by atomic mass is 9.93. The molecule has 8 heteroatoms. The molecular formula is C29H24FN3O4. The van der Waals surface area contributed by atoms with Crippen molar-refractivity contribution in [2.45, 2.75) is 13.0 Å². The zero-order valence-corrected chi connectivity index (χ0v) is 20.2. The van der Waals surface area contributed by atoms with E-state index in [1.807, 2.05) is 30.3 Å². The van der Waals surface area contributed by atoms with Crippen LogP contribution >= 0.6 is 0 Å². The van der Waals surface area contributed by atoms with Crippen LogP contribution in [0.3, 0.4) is 0 Å². The monoisotopic (exact) mass is 497 g/mol. The molecule has 0 bridgehead atoms. The Balaban J connectivity index is 1.38. The summed E-state index contributed by atoms with van der Waals surface area (Å²) < 4.78 is 24.1. The Morgan fingerprint density at radius 1 is 0.946 bits per heavy atom. The average Bonchev–Trinajstić information content (AvgIpc) is 3.39. The Kier molecular flexibility index (Phi) is 6.47. The smallest absolute Gasteiger partial charge is 0.319 e. The highest BCUT2D eigenvalue weighted by Gasteiger charge is 2.31. The number of benzene rings is 3. The minimum Gasteiger partial charge on any atom is -0.497 e. The molecule has 0 saturated carbocycles. The first-order chi connectivity index (χ1) is 17.9. The predicted octanol–water partition coefficient (Wildman–Crippen LogP) is 6.03.